The van der Waals surface area contributed by atoms with Gasteiger partial charge in [0.2, 0.25) is 5.79 Å². The number of amides is 1. The number of esters is 1. The van der Waals surface area contributed by atoms with Crippen LogP contribution in [0.5, 0.6) is 0 Å². The largest absolute Gasteiger partial charge is 0.460 e. The fourth-order valence-corrected chi connectivity index (χ4v) is 11.5. The number of allylic oxidation sites excluding steroid dienone is 6. The standard InChI is InChI=1S/C59H91NO15/c1-36-19-14-13-15-20-37(2)49(68-10)33-44-25-23-42(7)59(67,75-44)55(64)56(65)60-27-17-16-22-46(60)57(66)73-50(34-47(61)38(3)30-41(6)53(63)54(70-12)52(62)40(5)29-36)39(4)31-43-24-26-48(51(32-43)69-11)71-28-18-21-45-35-72-58(8,9)74-45/h13-15,18-21,30,36,38-40,42-46,48-51,53-54,63,67H,16-17,22-29,31-35H2,1-12H3/b15-13+,19-14+,21-18+,37-20+,41-30+/t36-,38-,39-,40-,42-,43-,44+,45?,46+,48-,49+,50+,51-,53-,54+,59-/m1/s1. The Balaban J connectivity index is 1.41. The van der Waals surface area contributed by atoms with E-state index in [0.29, 0.717) is 70.2 Å². The Hall–Kier alpha value is -3.71. The van der Waals surface area contributed by atoms with Gasteiger partial charge in [-0.15, -0.1) is 0 Å². The number of cyclic esters (lactones) is 1. The monoisotopic (exact) mass is 1050 g/mol. The van der Waals surface area contributed by atoms with Crippen LogP contribution < -0.4 is 0 Å². The van der Waals surface area contributed by atoms with Crippen molar-refractivity contribution in [3.05, 3.63) is 59.8 Å². The normalized spacial score (nSPS) is 39.5. The first kappa shape index (κ1) is 62.1. The van der Waals surface area contributed by atoms with Crippen LogP contribution >= 0.6 is 0 Å². The Morgan fingerprint density at radius 3 is 2.28 bits per heavy atom. The first-order valence-electron chi connectivity index (χ1n) is 27.6. The molecule has 5 rings (SSSR count). The Labute approximate surface area is 446 Å². The van der Waals surface area contributed by atoms with Crippen LogP contribution in [-0.4, -0.2) is 152 Å². The third kappa shape index (κ3) is 17.1. The molecule has 1 amide bonds. The molecular formula is C59H91NO15. The van der Waals surface area contributed by atoms with Crippen LogP contribution in [0.25, 0.3) is 0 Å². The third-order valence-electron chi connectivity index (χ3n) is 16.2. The lowest BCUT2D eigenvalue weighted by Crippen LogP contribution is -2.61. The van der Waals surface area contributed by atoms with Crippen molar-refractivity contribution < 1.29 is 72.1 Å². The average molecular weight is 1050 g/mol. The van der Waals surface area contributed by atoms with E-state index in [-0.39, 0.29) is 67.0 Å². The van der Waals surface area contributed by atoms with Gasteiger partial charge in [0.05, 0.1) is 37.6 Å². The van der Waals surface area contributed by atoms with Gasteiger partial charge in [-0.05, 0) is 121 Å². The van der Waals surface area contributed by atoms with Gasteiger partial charge in [-0.1, -0.05) is 83.2 Å². The van der Waals surface area contributed by atoms with Gasteiger partial charge in [0, 0.05) is 58.5 Å². The lowest BCUT2D eigenvalue weighted by atomic mass is 9.78. The second-order valence-electron chi connectivity index (χ2n) is 22.7. The number of Topliss-reactive ketones (excluding diaryl/α,β-unsaturated/α-hetero) is 3. The van der Waals surface area contributed by atoms with E-state index < -0.39 is 83.5 Å². The number of ketones is 3. The van der Waals surface area contributed by atoms with Gasteiger partial charge in [-0.2, -0.15) is 0 Å². The molecule has 16 nitrogen and oxygen atoms in total. The molecule has 0 spiro atoms. The minimum atomic E-state index is -2.44. The number of hydrogen-bond donors (Lipinski definition) is 2. The maximum absolute atomic E-state index is 14.6. The maximum Gasteiger partial charge on any atom is 0.329 e. The third-order valence-corrected chi connectivity index (χ3v) is 16.2. The fourth-order valence-electron chi connectivity index (χ4n) is 11.5. The molecule has 1 saturated carbocycles. The van der Waals surface area contributed by atoms with E-state index in [1.54, 1.807) is 41.1 Å². The van der Waals surface area contributed by atoms with E-state index in [2.05, 4.69) is 0 Å². The topological polar surface area (TPSA) is 203 Å². The van der Waals surface area contributed by atoms with Crippen molar-refractivity contribution in [2.45, 2.75) is 206 Å². The van der Waals surface area contributed by atoms with Crippen molar-refractivity contribution in [2.75, 3.05) is 41.1 Å². The number of aliphatic hydroxyl groups excluding tert-OH is 1. The molecule has 0 aromatic rings. The Bertz CT molecular complexity index is 2080. The molecule has 75 heavy (non-hydrogen) atoms. The summed E-state index contributed by atoms with van der Waals surface area (Å²) >= 11 is 0. The average Bonchev–Trinajstić information content (AvgIpc) is 3.74. The summed E-state index contributed by atoms with van der Waals surface area (Å²) in [5, 5.41) is 23.6. The van der Waals surface area contributed by atoms with E-state index in [0.717, 1.165) is 18.4 Å². The zero-order valence-electron chi connectivity index (χ0n) is 47.0. The number of methoxy groups -OCH3 is 3. The molecule has 3 saturated heterocycles. The molecule has 1 aliphatic carbocycles. The number of piperidine rings is 1. The zero-order valence-corrected chi connectivity index (χ0v) is 47.0. The maximum atomic E-state index is 14.6. The highest BCUT2D eigenvalue weighted by atomic mass is 16.7. The number of rotatable bonds is 10. The predicted octanol–water partition coefficient (Wildman–Crippen LogP) is 7.91. The molecule has 2 bridgehead atoms. The lowest BCUT2D eigenvalue weighted by Gasteiger charge is -2.42. The molecule has 16 atom stereocenters. The van der Waals surface area contributed by atoms with Crippen LogP contribution in [0.4, 0.5) is 0 Å². The summed E-state index contributed by atoms with van der Waals surface area (Å²) in [5.41, 5.74) is 1.27. The summed E-state index contributed by atoms with van der Waals surface area (Å²) in [6, 6.07) is -1.15. The highest BCUT2D eigenvalue weighted by Crippen LogP contribution is 2.38. The van der Waals surface area contributed by atoms with Crippen LogP contribution in [0.3, 0.4) is 0 Å². The molecular weight excluding hydrogens is 963 g/mol. The smallest absolute Gasteiger partial charge is 0.329 e. The van der Waals surface area contributed by atoms with Gasteiger partial charge in [-0.3, -0.25) is 19.2 Å². The molecule has 1 unspecified atom stereocenters. The molecule has 5 aliphatic rings. The summed E-state index contributed by atoms with van der Waals surface area (Å²) in [6.45, 7) is 17.5. The van der Waals surface area contributed by atoms with Crippen LogP contribution in [0.1, 0.15) is 139 Å². The second-order valence-corrected chi connectivity index (χ2v) is 22.7. The summed E-state index contributed by atoms with van der Waals surface area (Å²) in [7, 11) is 4.64. The first-order valence-corrected chi connectivity index (χ1v) is 27.6. The number of hydrogen-bond acceptors (Lipinski definition) is 15. The van der Waals surface area contributed by atoms with E-state index in [9.17, 15) is 34.2 Å². The number of fused-ring (bicyclic) bond motifs is 3. The molecule has 16 heteroatoms. The summed E-state index contributed by atoms with van der Waals surface area (Å²) < 4.78 is 47.8. The summed E-state index contributed by atoms with van der Waals surface area (Å²) in [6.07, 6.45) is 15.9. The predicted molar refractivity (Wildman–Crippen MR) is 283 cm³/mol. The minimum absolute atomic E-state index is 0.0136. The van der Waals surface area contributed by atoms with E-state index in [1.165, 1.54) is 12.0 Å². The molecule has 422 valence electrons. The Morgan fingerprint density at radius 1 is 0.853 bits per heavy atom. The first-order chi connectivity index (χ1) is 35.5. The van der Waals surface area contributed by atoms with Gasteiger partial charge >= 0.3 is 5.97 Å². The van der Waals surface area contributed by atoms with Crippen LogP contribution in [0.2, 0.25) is 0 Å². The SMILES string of the molecule is CO[C@H]1C[C@@H]2CC[C@@H](C)[C@@](O)(O2)C(=O)C(=O)N2CCCC[C@H]2C(=O)O[C@H]([C@H](C)C[C@H]2CC[C@@H](OC/C=C/C3COC(C)(C)O3)[C@H](OC)C2)CC(=O)[C@H](C)/C=C(\C)[C@@H](O)[C@@H](OC)C(=O)[C@H](C)C[C@H](C)/C=C/C=C/C=C/1C. The lowest BCUT2D eigenvalue weighted by molar-refractivity contribution is -0.265. The van der Waals surface area contributed by atoms with Crippen molar-refractivity contribution in [1.29, 1.82) is 0 Å². The quantitative estimate of drug-likeness (QED) is 0.121. The fraction of sp³-hybridized carbons (Fsp3) is 0.746. The molecule has 0 radical (unpaired) electrons. The van der Waals surface area contributed by atoms with Gasteiger partial charge in [-0.25, -0.2) is 4.79 Å². The van der Waals surface area contributed by atoms with Gasteiger partial charge in [0.1, 0.15) is 36.2 Å². The molecule has 4 aliphatic heterocycles. The van der Waals surface area contributed by atoms with Gasteiger partial charge in [0.15, 0.2) is 11.6 Å². The number of ether oxygens (including phenoxy) is 8. The van der Waals surface area contributed by atoms with Crippen molar-refractivity contribution in [1.82, 2.24) is 4.90 Å². The number of carbonyl (C=O) groups excluding carboxylic acids is 5. The number of aliphatic hydroxyl groups is 2. The van der Waals surface area contributed by atoms with E-state index in [4.69, 9.17) is 37.9 Å². The summed E-state index contributed by atoms with van der Waals surface area (Å²) in [5.74, 6) is -8.57. The Kier molecular flexibility index (Phi) is 23.8. The zero-order chi connectivity index (χ0) is 55.2. The second kappa shape index (κ2) is 28.8. The van der Waals surface area contributed by atoms with E-state index >= 15 is 0 Å². The molecule has 0 aromatic heterocycles. The van der Waals surface area contributed by atoms with Gasteiger partial charge in [0.25, 0.3) is 11.7 Å². The van der Waals surface area contributed by atoms with Crippen molar-refractivity contribution in [2.24, 2.45) is 35.5 Å². The van der Waals surface area contributed by atoms with E-state index in [1.807, 2.05) is 84.1 Å². The minimum Gasteiger partial charge on any atom is -0.460 e. The van der Waals surface area contributed by atoms with Crippen LogP contribution in [0.15, 0.2) is 59.8 Å². The molecule has 4 heterocycles. The number of nitrogens with zero attached hydrogens (tertiary/aromatic N) is 1. The highest BCUT2D eigenvalue weighted by molar-refractivity contribution is 6.39. The van der Waals surface area contributed by atoms with Gasteiger partial charge < -0.3 is 53.0 Å². The number of carbonyl (C=O) groups is 5. The molecule has 4 fully saturated rings. The Morgan fingerprint density at radius 2 is 1.60 bits per heavy atom. The molecule has 2 N–H and O–H groups in total. The van der Waals surface area contributed by atoms with Crippen molar-refractivity contribution in [3.8, 4) is 0 Å². The van der Waals surface area contributed by atoms with Crippen molar-refractivity contribution in [3.63, 3.8) is 0 Å². The van der Waals surface area contributed by atoms with Crippen LogP contribution in [0, 0.1) is 35.5 Å². The van der Waals surface area contributed by atoms with Crippen LogP contribution in [-0.2, 0) is 61.9 Å². The molecule has 0 aromatic carbocycles. The highest BCUT2D eigenvalue weighted by Gasteiger charge is 2.53. The summed E-state index contributed by atoms with van der Waals surface area (Å²) in [4.78, 5) is 72.7. The van der Waals surface area contributed by atoms with Crippen molar-refractivity contribution >= 4 is 29.2 Å².